The van der Waals surface area contributed by atoms with E-state index in [1.165, 1.54) is 30.6 Å². The third-order valence-electron chi connectivity index (χ3n) is 2.92. The maximum atomic E-state index is 5.09. The van der Waals surface area contributed by atoms with Crippen LogP contribution in [0.25, 0.3) is 0 Å². The van der Waals surface area contributed by atoms with Crippen molar-refractivity contribution < 1.29 is 4.74 Å². The minimum Gasteiger partial charge on any atom is -0.385 e. The molecule has 0 unspecified atom stereocenters. The molecule has 0 atom stereocenters. The Labute approximate surface area is 91.9 Å². The van der Waals surface area contributed by atoms with Crippen LogP contribution in [0.3, 0.4) is 0 Å². The molecular weight excluding hydrogens is 186 g/mol. The van der Waals surface area contributed by atoms with Crippen molar-refractivity contribution in [3.8, 4) is 0 Å². The zero-order chi connectivity index (χ0) is 10.5. The fraction of sp³-hybridized carbons (Fsp3) is 0.538. The number of nitrogens with zero attached hydrogens (tertiary/aromatic N) is 1. The molecule has 1 aromatic rings. The van der Waals surface area contributed by atoms with Crippen molar-refractivity contribution in [1.29, 1.82) is 0 Å². The van der Waals surface area contributed by atoms with Gasteiger partial charge >= 0.3 is 0 Å². The minimum absolute atomic E-state index is 0.850. The molecule has 15 heavy (non-hydrogen) atoms. The van der Waals surface area contributed by atoms with Crippen LogP contribution in [-0.4, -0.2) is 26.8 Å². The molecule has 1 aliphatic rings. The zero-order valence-corrected chi connectivity index (χ0v) is 9.33. The van der Waals surface area contributed by atoms with E-state index in [-0.39, 0.29) is 0 Å². The van der Waals surface area contributed by atoms with Crippen LogP contribution in [0.15, 0.2) is 18.2 Å². The molecule has 2 rings (SSSR count). The fourth-order valence-corrected chi connectivity index (χ4v) is 2.17. The largest absolute Gasteiger partial charge is 0.385 e. The average molecular weight is 204 g/mol. The van der Waals surface area contributed by atoms with E-state index in [1.54, 1.807) is 7.11 Å². The van der Waals surface area contributed by atoms with Crippen molar-refractivity contribution in [3.63, 3.8) is 0 Å². The van der Waals surface area contributed by atoms with E-state index in [4.69, 9.17) is 4.74 Å². The van der Waals surface area contributed by atoms with Gasteiger partial charge < -0.3 is 9.64 Å². The van der Waals surface area contributed by atoms with Crippen molar-refractivity contribution >= 4 is 5.69 Å². The third kappa shape index (κ3) is 2.51. The fourth-order valence-electron chi connectivity index (χ4n) is 2.17. The van der Waals surface area contributed by atoms with Gasteiger partial charge in [0, 0.05) is 32.5 Å². The summed E-state index contributed by atoms with van der Waals surface area (Å²) in [6, 6.07) is 9.48. The smallest absolute Gasteiger partial charge is 0.0479 e. The van der Waals surface area contributed by atoms with Gasteiger partial charge in [-0.05, 0) is 37.0 Å². The molecule has 0 spiro atoms. The van der Waals surface area contributed by atoms with Crippen LogP contribution in [0, 0.1) is 6.07 Å². The van der Waals surface area contributed by atoms with E-state index < -0.39 is 0 Å². The molecule has 0 N–H and O–H groups in total. The van der Waals surface area contributed by atoms with Gasteiger partial charge in [-0.2, -0.15) is 0 Å². The summed E-state index contributed by atoms with van der Waals surface area (Å²) >= 11 is 0. The Morgan fingerprint density at radius 3 is 3.33 bits per heavy atom. The van der Waals surface area contributed by atoms with E-state index in [9.17, 15) is 0 Å². The number of aryl methyl sites for hydroxylation is 1. The Hall–Kier alpha value is -1.02. The van der Waals surface area contributed by atoms with E-state index >= 15 is 0 Å². The zero-order valence-electron chi connectivity index (χ0n) is 9.33. The molecule has 0 fully saturated rings. The molecule has 2 nitrogen and oxygen atoms in total. The van der Waals surface area contributed by atoms with Crippen LogP contribution < -0.4 is 4.90 Å². The number of rotatable bonds is 4. The highest BCUT2D eigenvalue weighted by atomic mass is 16.5. The van der Waals surface area contributed by atoms with Crippen molar-refractivity contribution in [3.05, 3.63) is 29.8 Å². The Morgan fingerprint density at radius 2 is 2.47 bits per heavy atom. The summed E-state index contributed by atoms with van der Waals surface area (Å²) in [6.45, 7) is 3.12. The minimum atomic E-state index is 0.850. The summed E-state index contributed by atoms with van der Waals surface area (Å²) in [5.74, 6) is 0. The highest BCUT2D eigenvalue weighted by molar-refractivity contribution is 5.54. The molecule has 0 aliphatic carbocycles. The lowest BCUT2D eigenvalue weighted by atomic mass is 10.0. The number of methoxy groups -OCH3 is 1. The van der Waals surface area contributed by atoms with E-state index in [0.29, 0.717) is 0 Å². The van der Waals surface area contributed by atoms with Gasteiger partial charge in [0.25, 0.3) is 0 Å². The van der Waals surface area contributed by atoms with Gasteiger partial charge in [0.2, 0.25) is 0 Å². The van der Waals surface area contributed by atoms with Gasteiger partial charge in [-0.15, -0.1) is 0 Å². The van der Waals surface area contributed by atoms with Gasteiger partial charge in [0.15, 0.2) is 0 Å². The summed E-state index contributed by atoms with van der Waals surface area (Å²) in [5.41, 5.74) is 2.84. The van der Waals surface area contributed by atoms with Gasteiger partial charge in [-0.3, -0.25) is 0 Å². The van der Waals surface area contributed by atoms with Gasteiger partial charge in [0.1, 0.15) is 0 Å². The van der Waals surface area contributed by atoms with E-state index in [0.717, 1.165) is 19.6 Å². The van der Waals surface area contributed by atoms with Crippen LogP contribution in [0.1, 0.15) is 18.4 Å². The number of benzene rings is 1. The number of fused-ring (bicyclic) bond motifs is 1. The van der Waals surface area contributed by atoms with Crippen LogP contribution in [-0.2, 0) is 11.2 Å². The van der Waals surface area contributed by atoms with Crippen LogP contribution >= 0.6 is 0 Å². The Bertz CT molecular complexity index is 311. The predicted octanol–water partition coefficient (Wildman–Crippen LogP) is 2.28. The topological polar surface area (TPSA) is 12.5 Å². The Kier molecular flexibility index (Phi) is 3.62. The lowest BCUT2D eigenvalue weighted by molar-refractivity contribution is 0.196. The molecular formula is C13H18NO. The van der Waals surface area contributed by atoms with Crippen molar-refractivity contribution in [2.24, 2.45) is 0 Å². The van der Waals surface area contributed by atoms with Gasteiger partial charge in [-0.1, -0.05) is 12.1 Å². The SMILES string of the molecule is COCCCN1CCCc2cc[c]cc21. The quantitative estimate of drug-likeness (QED) is 0.698. The molecule has 0 saturated heterocycles. The average Bonchev–Trinajstić information content (AvgIpc) is 2.30. The van der Waals surface area contributed by atoms with E-state index in [2.05, 4.69) is 23.1 Å². The molecule has 1 aromatic carbocycles. The van der Waals surface area contributed by atoms with Gasteiger partial charge in [0.05, 0.1) is 0 Å². The van der Waals surface area contributed by atoms with Crippen LogP contribution in [0.4, 0.5) is 5.69 Å². The molecule has 0 amide bonds. The summed E-state index contributed by atoms with van der Waals surface area (Å²) in [6.07, 6.45) is 3.58. The van der Waals surface area contributed by atoms with Crippen LogP contribution in [0.5, 0.6) is 0 Å². The van der Waals surface area contributed by atoms with Crippen molar-refractivity contribution in [2.45, 2.75) is 19.3 Å². The first-order chi connectivity index (χ1) is 7.42. The molecule has 1 heterocycles. The molecule has 0 saturated carbocycles. The number of anilines is 1. The van der Waals surface area contributed by atoms with E-state index in [1.807, 2.05) is 6.07 Å². The Balaban J connectivity index is 2.02. The first kappa shape index (κ1) is 10.5. The number of hydrogen-bond acceptors (Lipinski definition) is 2. The standard InChI is InChI=1S/C13H18NO/c1-15-11-5-10-14-9-4-7-12-6-2-3-8-13(12)14/h2,6,8H,4-5,7,9-11H2,1H3. The lowest BCUT2D eigenvalue weighted by Crippen LogP contribution is -2.30. The second kappa shape index (κ2) is 5.17. The first-order valence-corrected chi connectivity index (χ1v) is 5.64. The molecule has 1 radical (unpaired) electrons. The molecule has 0 bridgehead atoms. The van der Waals surface area contributed by atoms with Crippen molar-refractivity contribution in [2.75, 3.05) is 31.7 Å². The molecule has 1 aliphatic heterocycles. The summed E-state index contributed by atoms with van der Waals surface area (Å²) in [5, 5.41) is 0. The second-order valence-electron chi connectivity index (χ2n) is 3.99. The summed E-state index contributed by atoms with van der Waals surface area (Å²) < 4.78 is 5.09. The monoisotopic (exact) mass is 204 g/mol. The maximum absolute atomic E-state index is 5.09. The molecule has 2 heteroatoms. The third-order valence-corrected chi connectivity index (χ3v) is 2.92. The summed E-state index contributed by atoms with van der Waals surface area (Å²) in [7, 11) is 1.76. The normalized spacial score (nSPS) is 15.1. The van der Waals surface area contributed by atoms with Crippen molar-refractivity contribution in [1.82, 2.24) is 0 Å². The number of hydrogen-bond donors (Lipinski definition) is 0. The molecule has 0 aromatic heterocycles. The maximum Gasteiger partial charge on any atom is 0.0479 e. The highest BCUT2D eigenvalue weighted by Crippen LogP contribution is 2.26. The van der Waals surface area contributed by atoms with Crippen LogP contribution in [0.2, 0.25) is 0 Å². The lowest BCUT2D eigenvalue weighted by Gasteiger charge is -2.31. The summed E-state index contributed by atoms with van der Waals surface area (Å²) in [4.78, 5) is 2.45. The first-order valence-electron chi connectivity index (χ1n) is 5.64. The Morgan fingerprint density at radius 1 is 1.53 bits per heavy atom. The highest BCUT2D eigenvalue weighted by Gasteiger charge is 2.15. The molecule has 81 valence electrons. The predicted molar refractivity (Wildman–Crippen MR) is 62.3 cm³/mol. The second-order valence-corrected chi connectivity index (χ2v) is 3.99. The number of ether oxygens (including phenoxy) is 1. The van der Waals surface area contributed by atoms with Gasteiger partial charge in [-0.25, -0.2) is 0 Å².